The Hall–Kier alpha value is -1.92. The van der Waals surface area contributed by atoms with Crippen molar-refractivity contribution in [1.29, 1.82) is 0 Å². The van der Waals surface area contributed by atoms with E-state index in [1.54, 1.807) is 19.1 Å². The fourth-order valence-electron chi connectivity index (χ4n) is 2.30. The fraction of sp³-hybridized carbons (Fsp3) is 0.438. The second-order valence-electron chi connectivity index (χ2n) is 5.52. The zero-order chi connectivity index (χ0) is 17.0. The quantitative estimate of drug-likeness (QED) is 0.879. The van der Waals surface area contributed by atoms with E-state index in [-0.39, 0.29) is 12.1 Å². The molecule has 1 unspecified atom stereocenters. The Kier molecular flexibility index (Phi) is 5.74. The lowest BCUT2D eigenvalue weighted by Crippen LogP contribution is -2.40. The molecule has 2 aromatic rings. The van der Waals surface area contributed by atoms with Gasteiger partial charge in [0, 0.05) is 33.1 Å². The van der Waals surface area contributed by atoms with Gasteiger partial charge in [-0.2, -0.15) is 0 Å². The van der Waals surface area contributed by atoms with E-state index in [9.17, 15) is 4.79 Å². The molecule has 6 nitrogen and oxygen atoms in total. The van der Waals surface area contributed by atoms with Gasteiger partial charge in [-0.3, -0.25) is 0 Å². The van der Waals surface area contributed by atoms with E-state index in [1.807, 2.05) is 42.9 Å². The highest BCUT2D eigenvalue weighted by Gasteiger charge is 2.20. The van der Waals surface area contributed by atoms with Gasteiger partial charge < -0.3 is 23.9 Å². The number of nitrogens with zero attached hydrogens (tertiary/aromatic N) is 2. The van der Waals surface area contributed by atoms with Crippen LogP contribution in [0.4, 0.5) is 4.79 Å². The average molecular weight is 340 g/mol. The number of aryl methyl sites for hydroxylation is 2. The molecule has 0 aliphatic carbocycles. The van der Waals surface area contributed by atoms with E-state index in [4.69, 9.17) is 20.8 Å². The van der Waals surface area contributed by atoms with Gasteiger partial charge in [0.05, 0.1) is 18.2 Å². The summed E-state index contributed by atoms with van der Waals surface area (Å²) in [5.74, 6) is 1.47. The van der Waals surface area contributed by atoms with Gasteiger partial charge in [0.25, 0.3) is 0 Å². The highest BCUT2D eigenvalue weighted by molar-refractivity contribution is 6.30. The molecule has 1 N–H and O–H groups in total. The molecular weight excluding hydrogens is 318 g/mol. The van der Waals surface area contributed by atoms with E-state index in [0.29, 0.717) is 23.9 Å². The maximum atomic E-state index is 12.4. The number of furan rings is 1. The summed E-state index contributed by atoms with van der Waals surface area (Å²) in [7, 11) is 5.21. The van der Waals surface area contributed by atoms with E-state index >= 15 is 0 Å². The number of carbonyl (C=O) groups is 1. The molecule has 23 heavy (non-hydrogen) atoms. The number of methoxy groups -OCH3 is 1. The Morgan fingerprint density at radius 1 is 1.52 bits per heavy atom. The van der Waals surface area contributed by atoms with Crippen LogP contribution in [0.15, 0.2) is 28.8 Å². The number of halogens is 1. The largest absolute Gasteiger partial charge is 0.464 e. The third-order valence-electron chi connectivity index (χ3n) is 3.56. The highest BCUT2D eigenvalue weighted by atomic mass is 35.5. The molecule has 0 radical (unpaired) electrons. The lowest BCUT2D eigenvalue weighted by molar-refractivity contribution is 0.148. The maximum Gasteiger partial charge on any atom is 0.318 e. The lowest BCUT2D eigenvalue weighted by Gasteiger charge is -2.22. The van der Waals surface area contributed by atoms with Crippen LogP contribution in [-0.2, 0) is 18.3 Å². The number of aromatic nitrogens is 1. The molecule has 0 saturated heterocycles. The van der Waals surface area contributed by atoms with Gasteiger partial charge in [0.2, 0.25) is 0 Å². The van der Waals surface area contributed by atoms with Crippen LogP contribution in [0.5, 0.6) is 0 Å². The van der Waals surface area contributed by atoms with Crippen LogP contribution in [0.25, 0.3) is 0 Å². The molecular formula is C16H22ClN3O3. The molecule has 0 aliphatic heterocycles. The van der Waals surface area contributed by atoms with Gasteiger partial charge >= 0.3 is 6.03 Å². The minimum absolute atomic E-state index is 0.210. The first-order chi connectivity index (χ1) is 10.9. The van der Waals surface area contributed by atoms with E-state index < -0.39 is 0 Å². The van der Waals surface area contributed by atoms with E-state index in [1.165, 1.54) is 0 Å². The summed E-state index contributed by atoms with van der Waals surface area (Å²) in [6.45, 7) is 2.65. The summed E-state index contributed by atoms with van der Waals surface area (Å²) >= 11 is 5.97. The predicted octanol–water partition coefficient (Wildman–Crippen LogP) is 3.11. The van der Waals surface area contributed by atoms with Crippen molar-refractivity contribution < 1.29 is 13.9 Å². The van der Waals surface area contributed by atoms with E-state index in [0.717, 1.165) is 11.5 Å². The molecule has 2 rings (SSSR count). The zero-order valence-electron chi connectivity index (χ0n) is 13.8. The van der Waals surface area contributed by atoms with Crippen LogP contribution < -0.4 is 5.32 Å². The smallest absolute Gasteiger partial charge is 0.318 e. The topological polar surface area (TPSA) is 59.6 Å². The summed E-state index contributed by atoms with van der Waals surface area (Å²) in [6.07, 6.45) is 1.81. The minimum Gasteiger partial charge on any atom is -0.464 e. The Morgan fingerprint density at radius 2 is 2.26 bits per heavy atom. The van der Waals surface area contributed by atoms with Crippen LogP contribution in [0.3, 0.4) is 0 Å². The SMILES string of the molecule is COCC(NC(=O)N(C)Cc1cc(Cl)cn1C)c1ccc(C)o1. The Balaban J connectivity index is 2.01. The molecule has 0 fully saturated rings. The van der Waals surface area contributed by atoms with Crippen LogP contribution >= 0.6 is 11.6 Å². The summed E-state index contributed by atoms with van der Waals surface area (Å²) < 4.78 is 12.7. The molecule has 0 saturated carbocycles. The number of hydrogen-bond donors (Lipinski definition) is 1. The van der Waals surface area contributed by atoms with Crippen molar-refractivity contribution in [1.82, 2.24) is 14.8 Å². The van der Waals surface area contributed by atoms with Crippen LogP contribution in [0, 0.1) is 6.92 Å². The number of amides is 2. The van der Waals surface area contributed by atoms with Crippen molar-refractivity contribution in [3.05, 3.63) is 46.6 Å². The van der Waals surface area contributed by atoms with Crippen molar-refractivity contribution >= 4 is 17.6 Å². The van der Waals surface area contributed by atoms with Crippen molar-refractivity contribution in [2.75, 3.05) is 20.8 Å². The lowest BCUT2D eigenvalue weighted by atomic mass is 10.2. The number of carbonyl (C=O) groups excluding carboxylic acids is 1. The highest BCUT2D eigenvalue weighted by Crippen LogP contribution is 2.18. The molecule has 1 atom stereocenters. The van der Waals surface area contributed by atoms with Gasteiger partial charge in [0.1, 0.15) is 17.6 Å². The first-order valence-electron chi connectivity index (χ1n) is 7.28. The van der Waals surface area contributed by atoms with Crippen molar-refractivity contribution in [2.24, 2.45) is 7.05 Å². The van der Waals surface area contributed by atoms with E-state index in [2.05, 4.69) is 5.32 Å². The molecule has 7 heteroatoms. The van der Waals surface area contributed by atoms with Gasteiger partial charge in [-0.15, -0.1) is 0 Å². The Labute approximate surface area is 141 Å². The average Bonchev–Trinajstić information content (AvgIpc) is 3.04. The van der Waals surface area contributed by atoms with Crippen LogP contribution in [-0.4, -0.2) is 36.3 Å². The van der Waals surface area contributed by atoms with Gasteiger partial charge in [-0.1, -0.05) is 11.6 Å². The second-order valence-corrected chi connectivity index (χ2v) is 5.96. The molecule has 0 bridgehead atoms. The Morgan fingerprint density at radius 3 is 2.78 bits per heavy atom. The number of nitrogens with one attached hydrogen (secondary N) is 1. The maximum absolute atomic E-state index is 12.4. The van der Waals surface area contributed by atoms with Crippen LogP contribution in [0.2, 0.25) is 5.02 Å². The number of hydrogen-bond acceptors (Lipinski definition) is 3. The first-order valence-corrected chi connectivity index (χ1v) is 7.66. The third kappa shape index (κ3) is 4.53. The molecule has 2 aromatic heterocycles. The Bertz CT molecular complexity index is 665. The van der Waals surface area contributed by atoms with Crippen molar-refractivity contribution in [2.45, 2.75) is 19.5 Å². The summed E-state index contributed by atoms with van der Waals surface area (Å²) in [6, 6.07) is 5.00. The molecule has 0 aliphatic rings. The predicted molar refractivity (Wildman–Crippen MR) is 88.5 cm³/mol. The van der Waals surface area contributed by atoms with Crippen LogP contribution in [0.1, 0.15) is 23.3 Å². The minimum atomic E-state index is -0.333. The van der Waals surface area contributed by atoms with Gasteiger partial charge in [-0.25, -0.2) is 4.79 Å². The summed E-state index contributed by atoms with van der Waals surface area (Å²) in [5.41, 5.74) is 0.949. The standard InChI is InChI=1S/C16H22ClN3O3/c1-11-5-6-15(23-11)14(10-22-4)18-16(21)20(3)9-13-7-12(17)8-19(13)2/h5-8,14H,9-10H2,1-4H3,(H,18,21). The summed E-state index contributed by atoms with van der Waals surface area (Å²) in [5, 5.41) is 3.57. The fourth-order valence-corrected chi connectivity index (χ4v) is 2.57. The molecule has 126 valence electrons. The number of rotatable bonds is 6. The monoisotopic (exact) mass is 339 g/mol. The van der Waals surface area contributed by atoms with Crippen molar-refractivity contribution in [3.63, 3.8) is 0 Å². The molecule has 2 heterocycles. The molecule has 2 amide bonds. The van der Waals surface area contributed by atoms with Gasteiger partial charge in [-0.05, 0) is 25.1 Å². The number of ether oxygens (including phenoxy) is 1. The van der Waals surface area contributed by atoms with Gasteiger partial charge in [0.15, 0.2) is 0 Å². The first kappa shape index (κ1) is 17.4. The number of urea groups is 1. The third-order valence-corrected chi connectivity index (χ3v) is 3.76. The molecule has 0 aromatic carbocycles. The zero-order valence-corrected chi connectivity index (χ0v) is 14.6. The summed E-state index contributed by atoms with van der Waals surface area (Å²) in [4.78, 5) is 14.0. The normalized spacial score (nSPS) is 12.2. The van der Waals surface area contributed by atoms with Crippen molar-refractivity contribution in [3.8, 4) is 0 Å². The second kappa shape index (κ2) is 7.57. The molecule has 0 spiro atoms.